The second-order valence-electron chi connectivity index (χ2n) is 9.02. The van der Waals surface area contributed by atoms with Crippen molar-refractivity contribution in [1.29, 1.82) is 0 Å². The van der Waals surface area contributed by atoms with Crippen molar-refractivity contribution < 1.29 is 19.6 Å². The SMILES string of the molecule is CN(C(=O)CN1CCOCC1)c1ccc(N=C(c2ccccc2)c2c(O)[nH]c3ccc([N+](=O)[O-])cc23)cc1. The van der Waals surface area contributed by atoms with E-state index < -0.39 is 4.92 Å². The summed E-state index contributed by atoms with van der Waals surface area (Å²) in [5, 5.41) is 22.7. The zero-order chi connectivity index (χ0) is 26.6. The molecule has 1 fully saturated rings. The maximum atomic E-state index is 12.8. The van der Waals surface area contributed by atoms with Crippen molar-refractivity contribution in [3.63, 3.8) is 0 Å². The number of hydrogen-bond acceptors (Lipinski definition) is 7. The second kappa shape index (κ2) is 10.8. The predicted octanol–water partition coefficient (Wildman–Crippen LogP) is 4.25. The molecule has 3 aromatic carbocycles. The fourth-order valence-electron chi connectivity index (χ4n) is 4.46. The van der Waals surface area contributed by atoms with Crippen LogP contribution >= 0.6 is 0 Å². The number of carbonyl (C=O) groups excluding carboxylic acids is 1. The number of aliphatic imine (C=N–C) groups is 1. The summed E-state index contributed by atoms with van der Waals surface area (Å²) in [6.07, 6.45) is 0. The van der Waals surface area contributed by atoms with Gasteiger partial charge in [0.2, 0.25) is 5.91 Å². The molecule has 0 aliphatic carbocycles. The lowest BCUT2D eigenvalue weighted by Gasteiger charge is -2.28. The van der Waals surface area contributed by atoms with Crippen LogP contribution < -0.4 is 4.90 Å². The van der Waals surface area contributed by atoms with Crippen LogP contribution in [0.3, 0.4) is 0 Å². The number of aromatic nitrogens is 1. The van der Waals surface area contributed by atoms with Crippen LogP contribution in [0.1, 0.15) is 11.1 Å². The van der Waals surface area contributed by atoms with Crippen LogP contribution in [0.25, 0.3) is 10.9 Å². The van der Waals surface area contributed by atoms with Crippen LogP contribution in [-0.2, 0) is 9.53 Å². The van der Waals surface area contributed by atoms with Gasteiger partial charge in [0.1, 0.15) is 0 Å². The van der Waals surface area contributed by atoms with Gasteiger partial charge in [0.05, 0.1) is 41.6 Å². The average molecular weight is 514 g/mol. The van der Waals surface area contributed by atoms with E-state index in [1.165, 1.54) is 12.1 Å². The third-order valence-electron chi connectivity index (χ3n) is 6.57. The predicted molar refractivity (Wildman–Crippen MR) is 145 cm³/mol. The van der Waals surface area contributed by atoms with Crippen LogP contribution in [0.2, 0.25) is 0 Å². The van der Waals surface area contributed by atoms with Crippen molar-refractivity contribution >= 4 is 39.6 Å². The molecule has 194 valence electrons. The van der Waals surface area contributed by atoms with E-state index in [1.807, 2.05) is 42.5 Å². The normalized spacial score (nSPS) is 14.5. The van der Waals surface area contributed by atoms with Gasteiger partial charge in [0.15, 0.2) is 5.88 Å². The lowest BCUT2D eigenvalue weighted by Crippen LogP contribution is -2.43. The third kappa shape index (κ3) is 5.26. The highest BCUT2D eigenvalue weighted by molar-refractivity contribution is 6.22. The Morgan fingerprint density at radius 1 is 1.11 bits per heavy atom. The first-order chi connectivity index (χ1) is 18.4. The molecule has 0 saturated carbocycles. The van der Waals surface area contributed by atoms with Crippen molar-refractivity contribution in [1.82, 2.24) is 9.88 Å². The van der Waals surface area contributed by atoms with Gasteiger partial charge in [-0.2, -0.15) is 0 Å². The summed E-state index contributed by atoms with van der Waals surface area (Å²) >= 11 is 0. The number of fused-ring (bicyclic) bond motifs is 1. The standard InChI is InChI=1S/C28H27N5O5/c1-31(25(34)18-32-13-15-38-16-14-32)21-9-7-20(8-10-21)29-27(19-5-3-2-4-6-19)26-23-17-22(33(36)37)11-12-24(23)30-28(26)35/h2-12,17,30,35H,13-16,18H2,1H3. The quantitative estimate of drug-likeness (QED) is 0.216. The molecule has 5 rings (SSSR count). The zero-order valence-electron chi connectivity index (χ0n) is 20.8. The first kappa shape index (κ1) is 25.1. The lowest BCUT2D eigenvalue weighted by atomic mass is 10.0. The number of rotatable bonds is 7. The number of aromatic amines is 1. The summed E-state index contributed by atoms with van der Waals surface area (Å²) in [4.78, 5) is 35.1. The van der Waals surface area contributed by atoms with Gasteiger partial charge in [-0.15, -0.1) is 0 Å². The Morgan fingerprint density at radius 2 is 1.82 bits per heavy atom. The Labute approximate surface area is 218 Å². The van der Waals surface area contributed by atoms with Crippen molar-refractivity contribution in [3.05, 3.63) is 94.0 Å². The highest BCUT2D eigenvalue weighted by atomic mass is 16.6. The number of H-pyrrole nitrogens is 1. The van der Waals surface area contributed by atoms with Crippen LogP contribution in [-0.4, -0.2) is 71.4 Å². The molecule has 2 heterocycles. The summed E-state index contributed by atoms with van der Waals surface area (Å²) in [5.41, 5.74) is 3.37. The number of nitro groups is 1. The number of nitrogens with zero attached hydrogens (tertiary/aromatic N) is 4. The molecule has 0 atom stereocenters. The summed E-state index contributed by atoms with van der Waals surface area (Å²) in [6.45, 7) is 3.06. The Bertz CT molecular complexity index is 1490. The average Bonchev–Trinajstić information content (AvgIpc) is 3.27. The smallest absolute Gasteiger partial charge is 0.270 e. The summed E-state index contributed by atoms with van der Waals surface area (Å²) in [7, 11) is 1.74. The van der Waals surface area contributed by atoms with E-state index in [4.69, 9.17) is 9.73 Å². The molecule has 4 aromatic rings. The summed E-state index contributed by atoms with van der Waals surface area (Å²) in [6, 6.07) is 20.9. The Hall–Kier alpha value is -4.54. The van der Waals surface area contributed by atoms with Gasteiger partial charge in [-0.25, -0.2) is 4.99 Å². The highest BCUT2D eigenvalue weighted by Crippen LogP contribution is 2.34. The van der Waals surface area contributed by atoms with Crippen LogP contribution in [0.15, 0.2) is 77.8 Å². The molecule has 1 aliphatic heterocycles. The molecule has 1 aliphatic rings. The molecule has 0 unspecified atom stereocenters. The molecule has 0 bridgehead atoms. The third-order valence-corrected chi connectivity index (χ3v) is 6.57. The number of nitrogens with one attached hydrogen (secondary N) is 1. The number of aromatic hydroxyl groups is 1. The first-order valence-corrected chi connectivity index (χ1v) is 12.2. The number of ether oxygens (including phenoxy) is 1. The molecule has 0 radical (unpaired) electrons. The lowest BCUT2D eigenvalue weighted by molar-refractivity contribution is -0.384. The Morgan fingerprint density at radius 3 is 2.50 bits per heavy atom. The topological polar surface area (TPSA) is 124 Å². The molecule has 0 spiro atoms. The van der Waals surface area contributed by atoms with E-state index in [-0.39, 0.29) is 17.5 Å². The number of anilines is 1. The molecular weight excluding hydrogens is 486 g/mol. The number of amides is 1. The van der Waals surface area contributed by atoms with Gasteiger partial charge in [0, 0.05) is 54.4 Å². The zero-order valence-corrected chi connectivity index (χ0v) is 20.8. The van der Waals surface area contributed by atoms with Crippen molar-refractivity contribution in [2.24, 2.45) is 4.99 Å². The number of non-ortho nitro benzene ring substituents is 1. The minimum Gasteiger partial charge on any atom is -0.494 e. The van der Waals surface area contributed by atoms with E-state index in [2.05, 4.69) is 9.88 Å². The maximum Gasteiger partial charge on any atom is 0.270 e. The monoisotopic (exact) mass is 513 g/mol. The van der Waals surface area contributed by atoms with Crippen molar-refractivity contribution in [2.45, 2.75) is 0 Å². The Balaban J connectivity index is 1.49. The van der Waals surface area contributed by atoms with E-state index in [0.717, 1.165) is 24.3 Å². The van der Waals surface area contributed by atoms with Gasteiger partial charge in [-0.1, -0.05) is 30.3 Å². The summed E-state index contributed by atoms with van der Waals surface area (Å²) < 4.78 is 5.35. The minimum atomic E-state index is -0.470. The summed E-state index contributed by atoms with van der Waals surface area (Å²) in [5.74, 6) is -0.147. The maximum absolute atomic E-state index is 12.8. The minimum absolute atomic E-state index is 0.0153. The van der Waals surface area contributed by atoms with Gasteiger partial charge in [-0.05, 0) is 30.3 Å². The number of nitro benzene ring substituents is 1. The van der Waals surface area contributed by atoms with E-state index in [1.54, 1.807) is 30.1 Å². The molecular formula is C28H27N5O5. The van der Waals surface area contributed by atoms with E-state index in [9.17, 15) is 20.0 Å². The van der Waals surface area contributed by atoms with Gasteiger partial charge in [0.25, 0.3) is 5.69 Å². The fraction of sp³-hybridized carbons (Fsp3) is 0.214. The Kier molecular flexibility index (Phi) is 7.16. The highest BCUT2D eigenvalue weighted by Gasteiger charge is 2.21. The number of morpholine rings is 1. The van der Waals surface area contributed by atoms with Gasteiger partial charge >= 0.3 is 0 Å². The van der Waals surface area contributed by atoms with Gasteiger partial charge in [-0.3, -0.25) is 19.8 Å². The van der Waals surface area contributed by atoms with Crippen LogP contribution in [0.5, 0.6) is 5.88 Å². The number of likely N-dealkylation sites (N-methyl/N-ethyl adjacent to an activating group) is 1. The largest absolute Gasteiger partial charge is 0.494 e. The number of hydrogen-bond donors (Lipinski definition) is 2. The number of benzene rings is 3. The second-order valence-corrected chi connectivity index (χ2v) is 9.02. The van der Waals surface area contributed by atoms with Crippen molar-refractivity contribution in [3.8, 4) is 5.88 Å². The molecule has 1 amide bonds. The molecule has 1 aromatic heterocycles. The van der Waals surface area contributed by atoms with Gasteiger partial charge < -0.3 is 19.7 Å². The van der Waals surface area contributed by atoms with E-state index >= 15 is 0 Å². The van der Waals surface area contributed by atoms with E-state index in [0.29, 0.717) is 47.6 Å². The van der Waals surface area contributed by atoms with Crippen LogP contribution in [0, 0.1) is 10.1 Å². The van der Waals surface area contributed by atoms with Crippen LogP contribution in [0.4, 0.5) is 17.1 Å². The molecule has 10 heteroatoms. The number of carbonyl (C=O) groups is 1. The first-order valence-electron chi connectivity index (χ1n) is 12.2. The fourth-order valence-corrected chi connectivity index (χ4v) is 4.46. The molecule has 10 nitrogen and oxygen atoms in total. The van der Waals surface area contributed by atoms with Crippen molar-refractivity contribution in [2.75, 3.05) is 44.8 Å². The molecule has 1 saturated heterocycles. The molecule has 2 N–H and O–H groups in total. The molecule has 38 heavy (non-hydrogen) atoms.